The van der Waals surface area contributed by atoms with E-state index in [4.69, 9.17) is 21.1 Å². The molecule has 2 aromatic carbocycles. The molecule has 0 aliphatic heterocycles. The molecule has 3 nitrogen and oxygen atoms in total. The van der Waals surface area contributed by atoms with Crippen LogP contribution in [0, 0.1) is 5.92 Å². The summed E-state index contributed by atoms with van der Waals surface area (Å²) in [5, 5.41) is 4.15. The zero-order valence-corrected chi connectivity index (χ0v) is 16.6. The fourth-order valence-electron chi connectivity index (χ4n) is 2.33. The second kappa shape index (κ2) is 11.2. The summed E-state index contributed by atoms with van der Waals surface area (Å²) in [4.78, 5) is 0. The standard InChI is InChI=1S/C20H26ClNO2.ClH/c1-4-23-20-11-16(13-22-12-15(2)3)9-10-19(20)24-14-17-7-5-6-8-18(17)21;/h5-11,15,22H,4,12-14H2,1-3H3;1H. The Morgan fingerprint density at radius 3 is 2.48 bits per heavy atom. The van der Waals surface area contributed by atoms with E-state index in [0.717, 1.165) is 30.2 Å². The Morgan fingerprint density at radius 1 is 1.04 bits per heavy atom. The molecule has 0 atom stereocenters. The number of nitrogens with one attached hydrogen (secondary N) is 1. The summed E-state index contributed by atoms with van der Waals surface area (Å²) in [5.74, 6) is 2.15. The number of ether oxygens (including phenoxy) is 2. The van der Waals surface area contributed by atoms with E-state index in [-0.39, 0.29) is 12.4 Å². The van der Waals surface area contributed by atoms with Gasteiger partial charge < -0.3 is 14.8 Å². The van der Waals surface area contributed by atoms with E-state index in [1.54, 1.807) is 0 Å². The molecular weight excluding hydrogens is 357 g/mol. The van der Waals surface area contributed by atoms with Crippen LogP contribution in [-0.4, -0.2) is 13.2 Å². The van der Waals surface area contributed by atoms with Crippen LogP contribution in [0.2, 0.25) is 5.02 Å². The highest BCUT2D eigenvalue weighted by molar-refractivity contribution is 6.31. The van der Waals surface area contributed by atoms with Crippen molar-refractivity contribution >= 4 is 24.0 Å². The van der Waals surface area contributed by atoms with Crippen molar-refractivity contribution in [3.63, 3.8) is 0 Å². The van der Waals surface area contributed by atoms with Crippen molar-refractivity contribution < 1.29 is 9.47 Å². The minimum Gasteiger partial charge on any atom is -0.490 e. The summed E-state index contributed by atoms with van der Waals surface area (Å²) in [6.45, 7) is 9.21. The SMILES string of the molecule is CCOc1cc(CNCC(C)C)ccc1OCc1ccccc1Cl.Cl. The molecule has 2 aromatic rings. The van der Waals surface area contributed by atoms with Gasteiger partial charge in [-0.2, -0.15) is 0 Å². The summed E-state index contributed by atoms with van der Waals surface area (Å²) in [7, 11) is 0. The van der Waals surface area contributed by atoms with Crippen LogP contribution in [0.15, 0.2) is 42.5 Å². The summed E-state index contributed by atoms with van der Waals surface area (Å²) >= 11 is 6.18. The molecule has 0 spiro atoms. The molecular formula is C20H27Cl2NO2. The summed E-state index contributed by atoms with van der Waals surface area (Å²) in [6, 6.07) is 13.8. The van der Waals surface area contributed by atoms with E-state index in [0.29, 0.717) is 24.2 Å². The second-order valence-electron chi connectivity index (χ2n) is 6.12. The normalized spacial score (nSPS) is 10.4. The van der Waals surface area contributed by atoms with Gasteiger partial charge in [-0.05, 0) is 43.1 Å². The lowest BCUT2D eigenvalue weighted by molar-refractivity contribution is 0.269. The van der Waals surface area contributed by atoms with Crippen molar-refractivity contribution in [1.29, 1.82) is 0 Å². The second-order valence-corrected chi connectivity index (χ2v) is 6.53. The van der Waals surface area contributed by atoms with E-state index in [1.807, 2.05) is 43.3 Å². The fourth-order valence-corrected chi connectivity index (χ4v) is 2.52. The average Bonchev–Trinajstić information content (AvgIpc) is 2.55. The largest absolute Gasteiger partial charge is 0.490 e. The number of rotatable bonds is 9. The van der Waals surface area contributed by atoms with E-state index in [2.05, 4.69) is 25.2 Å². The van der Waals surface area contributed by atoms with E-state index >= 15 is 0 Å². The minimum absolute atomic E-state index is 0. The van der Waals surface area contributed by atoms with Gasteiger partial charge >= 0.3 is 0 Å². The van der Waals surface area contributed by atoms with Crippen LogP contribution in [0.4, 0.5) is 0 Å². The molecule has 0 saturated heterocycles. The van der Waals surface area contributed by atoms with Crippen LogP contribution in [0.25, 0.3) is 0 Å². The molecule has 0 aromatic heterocycles. The summed E-state index contributed by atoms with van der Waals surface area (Å²) in [6.07, 6.45) is 0. The Labute approximate surface area is 162 Å². The Balaban J connectivity index is 0.00000312. The molecule has 0 fully saturated rings. The topological polar surface area (TPSA) is 30.5 Å². The third kappa shape index (κ3) is 7.15. The van der Waals surface area contributed by atoms with Crippen LogP contribution in [0.1, 0.15) is 31.9 Å². The van der Waals surface area contributed by atoms with Crippen molar-refractivity contribution in [1.82, 2.24) is 5.32 Å². The zero-order chi connectivity index (χ0) is 17.4. The van der Waals surface area contributed by atoms with Gasteiger partial charge in [-0.3, -0.25) is 0 Å². The van der Waals surface area contributed by atoms with Gasteiger partial charge in [0.25, 0.3) is 0 Å². The molecule has 138 valence electrons. The Kier molecular flexibility index (Phi) is 9.73. The Hall–Kier alpha value is -1.42. The maximum Gasteiger partial charge on any atom is 0.161 e. The Bertz CT molecular complexity index is 647. The highest BCUT2D eigenvalue weighted by atomic mass is 35.5. The number of hydrogen-bond donors (Lipinski definition) is 1. The quantitative estimate of drug-likeness (QED) is 0.621. The van der Waals surface area contributed by atoms with E-state index in [1.165, 1.54) is 5.56 Å². The third-order valence-electron chi connectivity index (χ3n) is 3.53. The van der Waals surface area contributed by atoms with Gasteiger partial charge in [0, 0.05) is 17.1 Å². The first-order valence-corrected chi connectivity index (χ1v) is 8.80. The van der Waals surface area contributed by atoms with Crippen LogP contribution >= 0.6 is 24.0 Å². The summed E-state index contributed by atoms with van der Waals surface area (Å²) in [5.41, 5.74) is 2.15. The van der Waals surface area contributed by atoms with Gasteiger partial charge in [-0.25, -0.2) is 0 Å². The molecule has 25 heavy (non-hydrogen) atoms. The molecule has 0 saturated carbocycles. The lowest BCUT2D eigenvalue weighted by Crippen LogP contribution is -2.19. The van der Waals surface area contributed by atoms with Gasteiger partial charge in [-0.15, -0.1) is 12.4 Å². The van der Waals surface area contributed by atoms with Crippen molar-refractivity contribution in [3.05, 3.63) is 58.6 Å². The number of benzene rings is 2. The number of halogens is 2. The van der Waals surface area contributed by atoms with Crippen molar-refractivity contribution in [2.75, 3.05) is 13.2 Å². The molecule has 0 amide bonds. The molecule has 0 aliphatic rings. The van der Waals surface area contributed by atoms with Crippen LogP contribution in [-0.2, 0) is 13.2 Å². The third-order valence-corrected chi connectivity index (χ3v) is 3.90. The molecule has 2 rings (SSSR count). The molecule has 5 heteroatoms. The van der Waals surface area contributed by atoms with Crippen LogP contribution < -0.4 is 14.8 Å². The zero-order valence-electron chi connectivity index (χ0n) is 15.0. The molecule has 0 aliphatic carbocycles. The van der Waals surface area contributed by atoms with Gasteiger partial charge in [0.1, 0.15) is 6.61 Å². The van der Waals surface area contributed by atoms with Crippen LogP contribution in [0.5, 0.6) is 11.5 Å². The predicted molar refractivity (Wildman–Crippen MR) is 107 cm³/mol. The maximum absolute atomic E-state index is 6.18. The molecule has 0 radical (unpaired) electrons. The van der Waals surface area contributed by atoms with Gasteiger partial charge in [0.2, 0.25) is 0 Å². The first-order chi connectivity index (χ1) is 11.6. The van der Waals surface area contributed by atoms with Crippen molar-refractivity contribution in [3.8, 4) is 11.5 Å². The average molecular weight is 384 g/mol. The lowest BCUT2D eigenvalue weighted by atomic mass is 10.1. The predicted octanol–water partition coefficient (Wildman–Crippen LogP) is 5.49. The molecule has 0 unspecified atom stereocenters. The first-order valence-electron chi connectivity index (χ1n) is 8.42. The monoisotopic (exact) mass is 383 g/mol. The molecule has 0 heterocycles. The maximum atomic E-state index is 6.18. The lowest BCUT2D eigenvalue weighted by Gasteiger charge is -2.14. The molecule has 1 N–H and O–H groups in total. The van der Waals surface area contributed by atoms with Crippen molar-refractivity contribution in [2.45, 2.75) is 33.9 Å². The number of hydrogen-bond acceptors (Lipinski definition) is 3. The van der Waals surface area contributed by atoms with Gasteiger partial charge in [-0.1, -0.05) is 49.7 Å². The smallest absolute Gasteiger partial charge is 0.161 e. The molecule has 0 bridgehead atoms. The van der Waals surface area contributed by atoms with Crippen molar-refractivity contribution in [2.24, 2.45) is 5.92 Å². The minimum atomic E-state index is 0. The van der Waals surface area contributed by atoms with E-state index < -0.39 is 0 Å². The Morgan fingerprint density at radius 2 is 1.80 bits per heavy atom. The van der Waals surface area contributed by atoms with Crippen LogP contribution in [0.3, 0.4) is 0 Å². The summed E-state index contributed by atoms with van der Waals surface area (Å²) < 4.78 is 11.7. The highest BCUT2D eigenvalue weighted by Gasteiger charge is 2.08. The van der Waals surface area contributed by atoms with Gasteiger partial charge in [0.05, 0.1) is 6.61 Å². The first kappa shape index (κ1) is 21.6. The van der Waals surface area contributed by atoms with Gasteiger partial charge in [0.15, 0.2) is 11.5 Å². The fraction of sp³-hybridized carbons (Fsp3) is 0.400. The highest BCUT2D eigenvalue weighted by Crippen LogP contribution is 2.30. The van der Waals surface area contributed by atoms with E-state index in [9.17, 15) is 0 Å².